The van der Waals surface area contributed by atoms with Gasteiger partial charge in [-0.2, -0.15) is 0 Å². The lowest BCUT2D eigenvalue weighted by molar-refractivity contribution is -0.137. The monoisotopic (exact) mass is 280 g/mol. The molecule has 0 saturated carbocycles. The fraction of sp³-hybridized carbons (Fsp3) is 0.286. The maximum Gasteiger partial charge on any atom is 0.513 e. The van der Waals surface area contributed by atoms with Crippen LogP contribution in [0.25, 0.3) is 6.08 Å². The first-order valence-electron chi connectivity index (χ1n) is 5.89. The van der Waals surface area contributed by atoms with E-state index in [4.69, 9.17) is 14.2 Å². The predicted octanol–water partition coefficient (Wildman–Crippen LogP) is 2.42. The Balaban J connectivity index is 2.91. The van der Waals surface area contributed by atoms with E-state index >= 15 is 0 Å². The van der Waals surface area contributed by atoms with Gasteiger partial charge in [-0.1, -0.05) is 6.07 Å². The normalized spacial score (nSPS) is 10.2. The zero-order chi connectivity index (χ0) is 15.0. The van der Waals surface area contributed by atoms with Crippen LogP contribution in [-0.2, 0) is 14.3 Å². The first-order valence-corrected chi connectivity index (χ1v) is 5.89. The second-order valence-electron chi connectivity index (χ2n) is 3.55. The molecule has 0 spiro atoms. The molecule has 6 heteroatoms. The average Bonchev–Trinajstić information content (AvgIpc) is 2.45. The van der Waals surface area contributed by atoms with Gasteiger partial charge in [0.25, 0.3) is 0 Å². The summed E-state index contributed by atoms with van der Waals surface area (Å²) in [5, 5.41) is 0. The van der Waals surface area contributed by atoms with Gasteiger partial charge in [0, 0.05) is 6.08 Å². The smallest absolute Gasteiger partial charge is 0.493 e. The SMILES string of the molecule is CCOC(=O)C=Cc1ccc(OC)c(OC(=O)OC)c1. The average molecular weight is 280 g/mol. The Hall–Kier alpha value is -2.50. The van der Waals surface area contributed by atoms with E-state index in [9.17, 15) is 9.59 Å². The van der Waals surface area contributed by atoms with Gasteiger partial charge in [-0.25, -0.2) is 9.59 Å². The van der Waals surface area contributed by atoms with Gasteiger partial charge in [0.15, 0.2) is 11.5 Å². The third-order valence-electron chi connectivity index (χ3n) is 2.25. The topological polar surface area (TPSA) is 71.1 Å². The van der Waals surface area contributed by atoms with Crippen molar-refractivity contribution >= 4 is 18.2 Å². The molecule has 1 aromatic rings. The van der Waals surface area contributed by atoms with Crippen LogP contribution in [0, 0.1) is 0 Å². The van der Waals surface area contributed by atoms with Crippen molar-refractivity contribution in [3.05, 3.63) is 29.8 Å². The number of methoxy groups -OCH3 is 2. The van der Waals surface area contributed by atoms with E-state index in [1.807, 2.05) is 0 Å². The minimum Gasteiger partial charge on any atom is -0.493 e. The Morgan fingerprint density at radius 1 is 1.20 bits per heavy atom. The van der Waals surface area contributed by atoms with Gasteiger partial charge < -0.3 is 18.9 Å². The second kappa shape index (κ2) is 7.83. The molecular formula is C14H16O6. The van der Waals surface area contributed by atoms with Gasteiger partial charge in [0.05, 0.1) is 20.8 Å². The molecule has 0 unspecified atom stereocenters. The molecule has 0 N–H and O–H groups in total. The Morgan fingerprint density at radius 3 is 2.55 bits per heavy atom. The van der Waals surface area contributed by atoms with Crippen molar-refractivity contribution in [2.45, 2.75) is 6.92 Å². The van der Waals surface area contributed by atoms with Crippen LogP contribution in [0.15, 0.2) is 24.3 Å². The summed E-state index contributed by atoms with van der Waals surface area (Å²) in [6.45, 7) is 2.03. The fourth-order valence-electron chi connectivity index (χ4n) is 1.36. The molecule has 0 aliphatic carbocycles. The number of carbonyl (C=O) groups excluding carboxylic acids is 2. The molecule has 1 rings (SSSR count). The molecule has 0 radical (unpaired) electrons. The standard InChI is InChI=1S/C14H16O6/c1-4-19-13(15)8-6-10-5-7-11(17-2)12(9-10)20-14(16)18-3/h5-9H,4H2,1-3H3. The van der Waals surface area contributed by atoms with Crippen molar-refractivity contribution < 1.29 is 28.5 Å². The van der Waals surface area contributed by atoms with E-state index in [1.165, 1.54) is 20.3 Å². The Bertz CT molecular complexity index is 506. The van der Waals surface area contributed by atoms with Gasteiger partial charge in [-0.05, 0) is 30.7 Å². The quantitative estimate of drug-likeness (QED) is 0.468. The van der Waals surface area contributed by atoms with Gasteiger partial charge in [-0.15, -0.1) is 0 Å². The molecule has 0 aromatic heterocycles. The van der Waals surface area contributed by atoms with Gasteiger partial charge in [0.2, 0.25) is 0 Å². The van der Waals surface area contributed by atoms with E-state index in [2.05, 4.69) is 4.74 Å². The number of hydrogen-bond acceptors (Lipinski definition) is 6. The molecule has 0 aliphatic heterocycles. The molecule has 0 aliphatic rings. The molecular weight excluding hydrogens is 264 g/mol. The molecule has 0 saturated heterocycles. The van der Waals surface area contributed by atoms with Crippen molar-refractivity contribution in [1.29, 1.82) is 0 Å². The molecule has 0 bridgehead atoms. The van der Waals surface area contributed by atoms with Crippen LogP contribution in [0.5, 0.6) is 11.5 Å². The number of ether oxygens (including phenoxy) is 4. The van der Waals surface area contributed by atoms with Gasteiger partial charge in [0.1, 0.15) is 0 Å². The summed E-state index contributed by atoms with van der Waals surface area (Å²) in [5.41, 5.74) is 0.651. The first-order chi connectivity index (χ1) is 9.60. The number of esters is 1. The summed E-state index contributed by atoms with van der Waals surface area (Å²) in [5.74, 6) is 0.132. The summed E-state index contributed by atoms with van der Waals surface area (Å²) in [6.07, 6.45) is 1.98. The maximum absolute atomic E-state index is 11.2. The van der Waals surface area contributed by atoms with E-state index < -0.39 is 12.1 Å². The summed E-state index contributed by atoms with van der Waals surface area (Å²) >= 11 is 0. The zero-order valence-electron chi connectivity index (χ0n) is 11.5. The van der Waals surface area contributed by atoms with Crippen molar-refractivity contribution in [3.8, 4) is 11.5 Å². The predicted molar refractivity (Wildman–Crippen MR) is 71.7 cm³/mol. The van der Waals surface area contributed by atoms with E-state index in [0.29, 0.717) is 17.9 Å². The summed E-state index contributed by atoms with van der Waals surface area (Å²) in [6, 6.07) is 4.87. The summed E-state index contributed by atoms with van der Waals surface area (Å²) < 4.78 is 19.2. The van der Waals surface area contributed by atoms with Crippen molar-refractivity contribution in [3.63, 3.8) is 0 Å². The Morgan fingerprint density at radius 2 is 1.95 bits per heavy atom. The minimum atomic E-state index is -0.852. The largest absolute Gasteiger partial charge is 0.513 e. The second-order valence-corrected chi connectivity index (χ2v) is 3.55. The number of carbonyl (C=O) groups is 2. The van der Waals surface area contributed by atoms with E-state index in [0.717, 1.165) is 0 Å². The molecule has 6 nitrogen and oxygen atoms in total. The third kappa shape index (κ3) is 4.64. The van der Waals surface area contributed by atoms with Crippen LogP contribution in [0.1, 0.15) is 12.5 Å². The summed E-state index contributed by atoms with van der Waals surface area (Å²) in [7, 11) is 2.66. The third-order valence-corrected chi connectivity index (χ3v) is 2.25. The molecule has 1 aromatic carbocycles. The van der Waals surface area contributed by atoms with Crippen molar-refractivity contribution in [2.24, 2.45) is 0 Å². The molecule has 108 valence electrons. The highest BCUT2D eigenvalue weighted by Gasteiger charge is 2.10. The highest BCUT2D eigenvalue weighted by molar-refractivity contribution is 5.87. The van der Waals surface area contributed by atoms with Crippen LogP contribution >= 0.6 is 0 Å². The fourth-order valence-corrected chi connectivity index (χ4v) is 1.36. The van der Waals surface area contributed by atoms with Crippen LogP contribution in [0.4, 0.5) is 4.79 Å². The highest BCUT2D eigenvalue weighted by atomic mass is 16.7. The molecule has 20 heavy (non-hydrogen) atoms. The first kappa shape index (κ1) is 15.6. The van der Waals surface area contributed by atoms with Crippen LogP contribution < -0.4 is 9.47 Å². The van der Waals surface area contributed by atoms with Crippen molar-refractivity contribution in [2.75, 3.05) is 20.8 Å². The minimum absolute atomic E-state index is 0.199. The molecule has 0 fully saturated rings. The number of rotatable bonds is 5. The number of benzene rings is 1. The van der Waals surface area contributed by atoms with Crippen LogP contribution in [0.2, 0.25) is 0 Å². The van der Waals surface area contributed by atoms with Crippen LogP contribution in [-0.4, -0.2) is 33.0 Å². The van der Waals surface area contributed by atoms with E-state index in [1.54, 1.807) is 31.2 Å². The Labute approximate surface area is 116 Å². The van der Waals surface area contributed by atoms with E-state index in [-0.39, 0.29) is 5.75 Å². The molecule has 0 heterocycles. The molecule has 0 amide bonds. The number of hydrogen-bond donors (Lipinski definition) is 0. The zero-order valence-corrected chi connectivity index (χ0v) is 11.5. The summed E-state index contributed by atoms with van der Waals surface area (Å²) in [4.78, 5) is 22.3. The van der Waals surface area contributed by atoms with Crippen molar-refractivity contribution in [1.82, 2.24) is 0 Å². The lowest BCUT2D eigenvalue weighted by atomic mass is 10.2. The lowest BCUT2D eigenvalue weighted by Gasteiger charge is -2.08. The van der Waals surface area contributed by atoms with Gasteiger partial charge >= 0.3 is 12.1 Å². The highest BCUT2D eigenvalue weighted by Crippen LogP contribution is 2.28. The lowest BCUT2D eigenvalue weighted by Crippen LogP contribution is -2.08. The van der Waals surface area contributed by atoms with Crippen LogP contribution in [0.3, 0.4) is 0 Å². The Kier molecular flexibility index (Phi) is 6.09. The maximum atomic E-state index is 11.2. The molecule has 0 atom stereocenters. The van der Waals surface area contributed by atoms with Gasteiger partial charge in [-0.3, -0.25) is 0 Å².